The molecule has 0 saturated heterocycles. The number of alkyl halides is 2. The number of halogens is 4. The molecule has 0 bridgehead atoms. The first-order valence-corrected chi connectivity index (χ1v) is 7.74. The lowest BCUT2D eigenvalue weighted by Gasteiger charge is -2.39. The van der Waals surface area contributed by atoms with Crippen LogP contribution in [0.4, 0.5) is 14.5 Å². The number of hydrogen-bond donors (Lipinski definition) is 1. The molecule has 20 heavy (non-hydrogen) atoms. The molecule has 0 atom stereocenters. The maximum atomic E-state index is 12.5. The van der Waals surface area contributed by atoms with E-state index in [4.69, 9.17) is 11.6 Å². The lowest BCUT2D eigenvalue weighted by Crippen LogP contribution is -2.38. The Kier molecular flexibility index (Phi) is 5.13. The SMILES string of the molecule is CC(C)C1CC(Nc2cc(Cl)cc(Br)c2OC(F)F)C1. The van der Waals surface area contributed by atoms with Crippen molar-refractivity contribution >= 4 is 33.2 Å². The topological polar surface area (TPSA) is 21.3 Å². The van der Waals surface area contributed by atoms with E-state index in [9.17, 15) is 8.78 Å². The van der Waals surface area contributed by atoms with Gasteiger partial charge in [0.15, 0.2) is 5.75 Å². The monoisotopic (exact) mass is 367 g/mol. The fourth-order valence-electron chi connectivity index (χ4n) is 2.42. The molecule has 112 valence electrons. The molecule has 1 N–H and O–H groups in total. The van der Waals surface area contributed by atoms with Crippen LogP contribution in [0.1, 0.15) is 26.7 Å². The first kappa shape index (κ1) is 15.8. The highest BCUT2D eigenvalue weighted by molar-refractivity contribution is 9.10. The van der Waals surface area contributed by atoms with E-state index < -0.39 is 6.61 Å². The third-order valence-electron chi connectivity index (χ3n) is 3.69. The van der Waals surface area contributed by atoms with Gasteiger partial charge >= 0.3 is 6.61 Å². The average Bonchev–Trinajstić information content (AvgIpc) is 2.26. The summed E-state index contributed by atoms with van der Waals surface area (Å²) in [4.78, 5) is 0. The van der Waals surface area contributed by atoms with Crippen molar-refractivity contribution in [1.29, 1.82) is 0 Å². The van der Waals surface area contributed by atoms with Gasteiger partial charge in [-0.15, -0.1) is 0 Å². The van der Waals surface area contributed by atoms with Crippen molar-refractivity contribution < 1.29 is 13.5 Å². The molecule has 1 aliphatic rings. The van der Waals surface area contributed by atoms with Crippen LogP contribution in [0, 0.1) is 11.8 Å². The summed E-state index contributed by atoms with van der Waals surface area (Å²) in [5, 5.41) is 3.72. The highest BCUT2D eigenvalue weighted by Crippen LogP contribution is 2.41. The molecule has 6 heteroatoms. The molecule has 0 radical (unpaired) electrons. The minimum atomic E-state index is -2.86. The van der Waals surface area contributed by atoms with E-state index in [0.29, 0.717) is 27.0 Å². The van der Waals surface area contributed by atoms with Crippen molar-refractivity contribution in [3.05, 3.63) is 21.6 Å². The lowest BCUT2D eigenvalue weighted by molar-refractivity contribution is -0.0499. The molecule has 2 rings (SSSR count). The predicted octanol–water partition coefficient (Wildman–Crippen LogP) is 5.55. The molecular weight excluding hydrogens is 352 g/mol. The maximum absolute atomic E-state index is 12.5. The number of rotatable bonds is 5. The van der Waals surface area contributed by atoms with Gasteiger partial charge in [-0.3, -0.25) is 0 Å². The molecule has 0 aliphatic heterocycles. The molecule has 0 amide bonds. The summed E-state index contributed by atoms with van der Waals surface area (Å²) in [6, 6.07) is 3.45. The van der Waals surface area contributed by atoms with Gasteiger partial charge in [0, 0.05) is 11.1 Å². The summed E-state index contributed by atoms with van der Waals surface area (Å²) < 4.78 is 30.0. The van der Waals surface area contributed by atoms with E-state index in [1.807, 2.05) is 0 Å². The van der Waals surface area contributed by atoms with Gasteiger partial charge < -0.3 is 10.1 Å². The molecule has 0 heterocycles. The lowest BCUT2D eigenvalue weighted by atomic mass is 9.73. The average molecular weight is 369 g/mol. The number of anilines is 1. The highest BCUT2D eigenvalue weighted by atomic mass is 79.9. The van der Waals surface area contributed by atoms with Gasteiger partial charge in [-0.25, -0.2) is 0 Å². The molecule has 0 aromatic heterocycles. The van der Waals surface area contributed by atoms with Crippen LogP contribution < -0.4 is 10.1 Å². The third-order valence-corrected chi connectivity index (χ3v) is 4.50. The van der Waals surface area contributed by atoms with Gasteiger partial charge in [-0.05, 0) is 52.7 Å². The predicted molar refractivity (Wildman–Crippen MR) is 80.8 cm³/mol. The van der Waals surface area contributed by atoms with Gasteiger partial charge in [0.25, 0.3) is 0 Å². The van der Waals surface area contributed by atoms with Crippen LogP contribution >= 0.6 is 27.5 Å². The Bertz CT molecular complexity index is 478. The highest BCUT2D eigenvalue weighted by Gasteiger charge is 2.32. The number of ether oxygens (including phenoxy) is 1. The molecule has 0 spiro atoms. The number of benzene rings is 1. The Morgan fingerprint density at radius 3 is 2.55 bits per heavy atom. The molecule has 1 aromatic carbocycles. The van der Waals surface area contributed by atoms with E-state index in [2.05, 4.69) is 39.8 Å². The second-order valence-corrected chi connectivity index (χ2v) is 6.75. The molecule has 1 aliphatic carbocycles. The maximum Gasteiger partial charge on any atom is 0.387 e. The molecule has 1 aromatic rings. The van der Waals surface area contributed by atoms with Gasteiger partial charge in [0.2, 0.25) is 0 Å². The van der Waals surface area contributed by atoms with Crippen LogP contribution in [0.2, 0.25) is 5.02 Å². The second kappa shape index (κ2) is 6.48. The molecular formula is C14H17BrClF2NO. The number of nitrogens with one attached hydrogen (secondary N) is 1. The summed E-state index contributed by atoms with van der Waals surface area (Å²) in [5.74, 6) is 1.45. The van der Waals surface area contributed by atoms with Crippen LogP contribution in [0.25, 0.3) is 0 Å². The second-order valence-electron chi connectivity index (χ2n) is 5.46. The summed E-state index contributed by atoms with van der Waals surface area (Å²) in [6.45, 7) is 1.53. The van der Waals surface area contributed by atoms with Crippen molar-refractivity contribution in [2.45, 2.75) is 39.3 Å². The molecule has 0 unspecified atom stereocenters. The van der Waals surface area contributed by atoms with Gasteiger partial charge in [0.05, 0.1) is 10.2 Å². The zero-order valence-corrected chi connectivity index (χ0v) is 13.6. The smallest absolute Gasteiger partial charge is 0.387 e. The summed E-state index contributed by atoms with van der Waals surface area (Å²) in [5.41, 5.74) is 0.511. The van der Waals surface area contributed by atoms with Crippen LogP contribution in [-0.2, 0) is 0 Å². The van der Waals surface area contributed by atoms with E-state index >= 15 is 0 Å². The van der Waals surface area contributed by atoms with Crippen LogP contribution in [0.15, 0.2) is 16.6 Å². The quantitative estimate of drug-likeness (QED) is 0.735. The van der Waals surface area contributed by atoms with E-state index in [-0.39, 0.29) is 11.8 Å². The Hall–Kier alpha value is -0.550. The van der Waals surface area contributed by atoms with E-state index in [1.165, 1.54) is 0 Å². The molecule has 1 fully saturated rings. The van der Waals surface area contributed by atoms with Gasteiger partial charge in [-0.2, -0.15) is 8.78 Å². The molecule has 2 nitrogen and oxygen atoms in total. The Morgan fingerprint density at radius 1 is 1.35 bits per heavy atom. The Morgan fingerprint density at radius 2 is 2.00 bits per heavy atom. The molecule has 1 saturated carbocycles. The largest absolute Gasteiger partial charge is 0.431 e. The van der Waals surface area contributed by atoms with Crippen molar-refractivity contribution in [2.75, 3.05) is 5.32 Å². The zero-order chi connectivity index (χ0) is 14.9. The fourth-order valence-corrected chi connectivity index (χ4v) is 3.32. The van der Waals surface area contributed by atoms with Crippen LogP contribution in [-0.4, -0.2) is 12.7 Å². The summed E-state index contributed by atoms with van der Waals surface area (Å²) in [7, 11) is 0. The Balaban J connectivity index is 2.10. The summed E-state index contributed by atoms with van der Waals surface area (Å²) in [6.07, 6.45) is 2.08. The first-order chi connectivity index (χ1) is 9.36. The van der Waals surface area contributed by atoms with Gasteiger partial charge in [-0.1, -0.05) is 25.4 Å². The van der Waals surface area contributed by atoms with Crippen molar-refractivity contribution in [1.82, 2.24) is 0 Å². The van der Waals surface area contributed by atoms with Crippen molar-refractivity contribution in [3.8, 4) is 5.75 Å². The normalized spacial score (nSPS) is 22.0. The van der Waals surface area contributed by atoms with Gasteiger partial charge in [0.1, 0.15) is 0 Å². The van der Waals surface area contributed by atoms with Crippen molar-refractivity contribution in [3.63, 3.8) is 0 Å². The Labute approximate surface area is 131 Å². The number of hydrogen-bond acceptors (Lipinski definition) is 2. The minimum absolute atomic E-state index is 0.109. The standard InChI is InChI=1S/C14H17BrClF2NO/c1-7(2)8-3-10(4-8)19-12-6-9(16)5-11(15)13(12)20-14(17)18/h5-8,10,14,19H,3-4H2,1-2H3. The fraction of sp³-hybridized carbons (Fsp3) is 0.571. The van der Waals surface area contributed by atoms with Crippen LogP contribution in [0.3, 0.4) is 0 Å². The van der Waals surface area contributed by atoms with Crippen molar-refractivity contribution in [2.24, 2.45) is 11.8 Å². The minimum Gasteiger partial charge on any atom is -0.431 e. The summed E-state index contributed by atoms with van der Waals surface area (Å²) >= 11 is 9.18. The third kappa shape index (κ3) is 3.76. The van der Waals surface area contributed by atoms with E-state index in [1.54, 1.807) is 12.1 Å². The zero-order valence-electron chi connectivity index (χ0n) is 11.3. The van der Waals surface area contributed by atoms with E-state index in [0.717, 1.165) is 12.8 Å². The van der Waals surface area contributed by atoms with Crippen LogP contribution in [0.5, 0.6) is 5.75 Å². The first-order valence-electron chi connectivity index (χ1n) is 6.57.